The fourth-order valence-electron chi connectivity index (χ4n) is 3.14. The summed E-state index contributed by atoms with van der Waals surface area (Å²) in [7, 11) is 4.26. The summed E-state index contributed by atoms with van der Waals surface area (Å²) in [6.45, 7) is 7.04. The van der Waals surface area contributed by atoms with Gasteiger partial charge in [0.15, 0.2) is 11.0 Å². The summed E-state index contributed by atoms with van der Waals surface area (Å²) in [6, 6.07) is 9.27. The lowest BCUT2D eigenvalue weighted by Crippen LogP contribution is -3.06. The molecule has 2 aromatic rings. The van der Waals surface area contributed by atoms with E-state index in [2.05, 4.69) is 54.1 Å². The number of aromatic nitrogens is 3. The standard InChI is InChI=1S/C21H30N6OS/c1-6-8-12-27-19(18(7-2)26(4)5)24-25-21(27)29-15(3)20(28)23-17-11-9-10-16(13-17)14-22/h9-11,13,15,18H,6-8,12H2,1-5H3,(H,23,28)/p+1/t15-,18-/m0/s1. The fraction of sp³-hybridized carbons (Fsp3) is 0.524. The molecule has 1 aromatic carbocycles. The van der Waals surface area contributed by atoms with E-state index in [-0.39, 0.29) is 17.2 Å². The van der Waals surface area contributed by atoms with Crippen LogP contribution in [0.2, 0.25) is 0 Å². The van der Waals surface area contributed by atoms with Crippen LogP contribution in [0.15, 0.2) is 29.4 Å². The molecule has 7 nitrogen and oxygen atoms in total. The molecule has 0 aliphatic heterocycles. The second kappa shape index (κ2) is 11.0. The van der Waals surface area contributed by atoms with Crippen molar-refractivity contribution in [2.75, 3.05) is 19.4 Å². The van der Waals surface area contributed by atoms with E-state index in [1.54, 1.807) is 24.3 Å². The van der Waals surface area contributed by atoms with Crippen molar-refractivity contribution < 1.29 is 9.69 Å². The molecule has 1 heterocycles. The van der Waals surface area contributed by atoms with Crippen molar-refractivity contribution in [2.24, 2.45) is 0 Å². The minimum atomic E-state index is -0.343. The Labute approximate surface area is 177 Å². The quantitative estimate of drug-likeness (QED) is 0.583. The van der Waals surface area contributed by atoms with Crippen molar-refractivity contribution in [1.29, 1.82) is 5.26 Å². The monoisotopic (exact) mass is 415 g/mol. The Hall–Kier alpha value is -2.37. The molecule has 0 aliphatic carbocycles. The lowest BCUT2D eigenvalue weighted by molar-refractivity contribution is -0.893. The van der Waals surface area contributed by atoms with E-state index < -0.39 is 0 Å². The molecule has 2 N–H and O–H groups in total. The van der Waals surface area contributed by atoms with E-state index in [9.17, 15) is 4.79 Å². The zero-order valence-corrected chi connectivity index (χ0v) is 18.7. The van der Waals surface area contributed by atoms with Crippen LogP contribution >= 0.6 is 11.8 Å². The molecule has 0 unspecified atom stereocenters. The molecule has 1 amide bonds. The summed E-state index contributed by atoms with van der Waals surface area (Å²) >= 11 is 1.42. The highest BCUT2D eigenvalue weighted by Gasteiger charge is 2.26. The third-order valence-electron chi connectivity index (χ3n) is 4.81. The average Bonchev–Trinajstić information content (AvgIpc) is 3.08. The van der Waals surface area contributed by atoms with Crippen molar-refractivity contribution >= 4 is 23.4 Å². The zero-order valence-electron chi connectivity index (χ0n) is 17.9. The minimum Gasteiger partial charge on any atom is -0.331 e. The molecule has 156 valence electrons. The largest absolute Gasteiger partial charge is 0.331 e. The van der Waals surface area contributed by atoms with Crippen LogP contribution < -0.4 is 10.2 Å². The van der Waals surface area contributed by atoms with Crippen LogP contribution in [-0.2, 0) is 11.3 Å². The summed E-state index contributed by atoms with van der Waals surface area (Å²) < 4.78 is 2.18. The number of nitriles is 1. The van der Waals surface area contributed by atoms with Gasteiger partial charge in [-0.2, -0.15) is 5.26 Å². The topological polar surface area (TPSA) is 88.0 Å². The first-order chi connectivity index (χ1) is 13.9. The number of amides is 1. The smallest absolute Gasteiger partial charge is 0.237 e. The first-order valence-electron chi connectivity index (χ1n) is 10.1. The Bertz CT molecular complexity index is 857. The van der Waals surface area contributed by atoms with E-state index in [0.717, 1.165) is 36.8 Å². The molecule has 2 rings (SSSR count). The molecule has 0 saturated carbocycles. The minimum absolute atomic E-state index is 0.123. The second-order valence-corrected chi connectivity index (χ2v) is 8.63. The van der Waals surface area contributed by atoms with E-state index >= 15 is 0 Å². The molecule has 1 aromatic heterocycles. The van der Waals surface area contributed by atoms with Crippen LogP contribution in [0.3, 0.4) is 0 Å². The SMILES string of the molecule is CCCCn1c(S[C@@H](C)C(=O)Nc2cccc(C#N)c2)nnc1[C@H](CC)[NH+](C)C. The summed E-state index contributed by atoms with van der Waals surface area (Å²) in [6.07, 6.45) is 3.10. The van der Waals surface area contributed by atoms with Gasteiger partial charge in [0.05, 0.1) is 31.0 Å². The number of quaternary nitrogens is 1. The number of nitrogens with one attached hydrogen (secondary N) is 2. The molecule has 2 atom stereocenters. The molecular weight excluding hydrogens is 384 g/mol. The normalized spacial score (nSPS) is 13.1. The molecule has 0 saturated heterocycles. The number of nitrogens with zero attached hydrogens (tertiary/aromatic N) is 4. The summed E-state index contributed by atoms with van der Waals surface area (Å²) in [5.41, 5.74) is 1.14. The molecule has 0 bridgehead atoms. The highest BCUT2D eigenvalue weighted by Crippen LogP contribution is 2.26. The van der Waals surface area contributed by atoms with Gasteiger partial charge in [-0.05, 0) is 31.5 Å². The maximum absolute atomic E-state index is 12.7. The zero-order chi connectivity index (χ0) is 21.4. The number of anilines is 1. The predicted octanol–water partition coefficient (Wildman–Crippen LogP) is 2.66. The van der Waals surface area contributed by atoms with Crippen LogP contribution in [0, 0.1) is 11.3 Å². The lowest BCUT2D eigenvalue weighted by atomic mass is 10.2. The van der Waals surface area contributed by atoms with Gasteiger partial charge in [-0.25, -0.2) is 0 Å². The maximum Gasteiger partial charge on any atom is 0.237 e. The Morgan fingerprint density at radius 1 is 1.34 bits per heavy atom. The van der Waals surface area contributed by atoms with Crippen LogP contribution in [0.4, 0.5) is 5.69 Å². The molecule has 0 fully saturated rings. The number of unbranched alkanes of at least 4 members (excludes halogenated alkanes) is 1. The Kier molecular flexibility index (Phi) is 8.68. The number of hydrogen-bond donors (Lipinski definition) is 2. The first kappa shape index (κ1) is 22.9. The van der Waals surface area contributed by atoms with Gasteiger partial charge in [-0.3, -0.25) is 4.79 Å². The molecule has 0 spiro atoms. The van der Waals surface area contributed by atoms with Gasteiger partial charge in [0.25, 0.3) is 0 Å². The maximum atomic E-state index is 12.7. The molecule has 8 heteroatoms. The van der Waals surface area contributed by atoms with Gasteiger partial charge in [-0.15, -0.1) is 10.2 Å². The van der Waals surface area contributed by atoms with Crippen LogP contribution in [0.5, 0.6) is 0 Å². The summed E-state index contributed by atoms with van der Waals surface area (Å²) in [4.78, 5) is 14.0. The van der Waals surface area contributed by atoms with Gasteiger partial charge >= 0.3 is 0 Å². The first-order valence-corrected chi connectivity index (χ1v) is 11.0. The Morgan fingerprint density at radius 2 is 2.10 bits per heavy atom. The summed E-state index contributed by atoms with van der Waals surface area (Å²) in [5, 5.41) is 21.2. The van der Waals surface area contributed by atoms with Crippen LogP contribution in [-0.4, -0.2) is 40.0 Å². The third kappa shape index (κ3) is 6.05. The van der Waals surface area contributed by atoms with Gasteiger partial charge in [-0.1, -0.05) is 38.1 Å². The highest BCUT2D eigenvalue weighted by atomic mass is 32.2. The third-order valence-corrected chi connectivity index (χ3v) is 5.89. The van der Waals surface area contributed by atoms with Crippen molar-refractivity contribution in [2.45, 2.75) is 63.0 Å². The molecule has 0 aliphatic rings. The van der Waals surface area contributed by atoms with Gasteiger partial charge in [0, 0.05) is 18.7 Å². The van der Waals surface area contributed by atoms with E-state index in [4.69, 9.17) is 5.26 Å². The van der Waals surface area contributed by atoms with Crippen LogP contribution in [0.25, 0.3) is 0 Å². The number of carbonyl (C=O) groups is 1. The van der Waals surface area contributed by atoms with Gasteiger partial charge < -0.3 is 14.8 Å². The Balaban J connectivity index is 2.17. The van der Waals surface area contributed by atoms with Crippen molar-refractivity contribution in [3.63, 3.8) is 0 Å². The fourth-order valence-corrected chi connectivity index (χ4v) is 4.02. The molecule has 29 heavy (non-hydrogen) atoms. The van der Waals surface area contributed by atoms with Crippen molar-refractivity contribution in [1.82, 2.24) is 14.8 Å². The number of rotatable bonds is 10. The highest BCUT2D eigenvalue weighted by molar-refractivity contribution is 8.00. The average molecular weight is 416 g/mol. The number of thioether (sulfide) groups is 1. The van der Waals surface area contributed by atoms with E-state index in [1.165, 1.54) is 16.7 Å². The van der Waals surface area contributed by atoms with E-state index in [0.29, 0.717) is 11.3 Å². The molecular formula is C21H31N6OS+. The number of carbonyl (C=O) groups excluding carboxylic acids is 1. The number of benzene rings is 1. The van der Waals surface area contributed by atoms with Crippen molar-refractivity contribution in [3.05, 3.63) is 35.7 Å². The second-order valence-electron chi connectivity index (χ2n) is 7.33. The lowest BCUT2D eigenvalue weighted by Gasteiger charge is -2.20. The summed E-state index contributed by atoms with van der Waals surface area (Å²) in [5.74, 6) is 0.861. The van der Waals surface area contributed by atoms with E-state index in [1.807, 2.05) is 6.92 Å². The van der Waals surface area contributed by atoms with Gasteiger partial charge in [0.1, 0.15) is 6.04 Å². The predicted molar refractivity (Wildman–Crippen MR) is 116 cm³/mol. The van der Waals surface area contributed by atoms with Crippen LogP contribution in [0.1, 0.15) is 57.5 Å². The number of hydrogen-bond acceptors (Lipinski definition) is 5. The molecule has 0 radical (unpaired) electrons. The Morgan fingerprint density at radius 3 is 2.72 bits per heavy atom. The van der Waals surface area contributed by atoms with Gasteiger partial charge in [0.2, 0.25) is 5.91 Å². The van der Waals surface area contributed by atoms with Crippen molar-refractivity contribution in [3.8, 4) is 6.07 Å².